The Morgan fingerprint density at radius 1 is 1.13 bits per heavy atom. The van der Waals surface area contributed by atoms with Gasteiger partial charge in [-0.3, -0.25) is 9.78 Å². The lowest BCUT2D eigenvalue weighted by atomic mass is 9.92. The number of hydrogen-bond donors (Lipinski definition) is 1. The summed E-state index contributed by atoms with van der Waals surface area (Å²) in [6.45, 7) is 0.631. The highest BCUT2D eigenvalue weighted by Gasteiger charge is 2.24. The molecule has 4 heteroatoms. The van der Waals surface area contributed by atoms with Crippen molar-refractivity contribution in [3.8, 4) is 0 Å². The molecule has 1 heterocycles. The van der Waals surface area contributed by atoms with Crippen molar-refractivity contribution in [1.82, 2.24) is 10.3 Å². The normalized spacial score (nSPS) is 20.9. The van der Waals surface area contributed by atoms with Crippen LogP contribution in [0, 0.1) is 0 Å². The third-order valence-electron chi connectivity index (χ3n) is 4.19. The molecule has 1 aliphatic carbocycles. The van der Waals surface area contributed by atoms with Crippen LogP contribution in [0.1, 0.15) is 41.7 Å². The van der Waals surface area contributed by atoms with Crippen LogP contribution in [0.5, 0.6) is 0 Å². The lowest BCUT2D eigenvalue weighted by Crippen LogP contribution is -2.40. The zero-order valence-electron chi connectivity index (χ0n) is 13.2. The van der Waals surface area contributed by atoms with Gasteiger partial charge in [0.25, 0.3) is 5.91 Å². The van der Waals surface area contributed by atoms with E-state index in [-0.39, 0.29) is 18.1 Å². The molecule has 1 fully saturated rings. The molecule has 1 aliphatic rings. The van der Waals surface area contributed by atoms with Crippen LogP contribution in [0.15, 0.2) is 54.7 Å². The van der Waals surface area contributed by atoms with E-state index in [0.29, 0.717) is 12.3 Å². The number of benzene rings is 1. The van der Waals surface area contributed by atoms with E-state index < -0.39 is 0 Å². The summed E-state index contributed by atoms with van der Waals surface area (Å²) in [5.74, 6) is -0.0979. The smallest absolute Gasteiger partial charge is 0.270 e. The molecule has 0 radical (unpaired) electrons. The SMILES string of the molecule is O=C(NC1CCCC(OCc2ccccc2)C1)c1ccccn1. The molecule has 0 saturated heterocycles. The quantitative estimate of drug-likeness (QED) is 0.921. The Morgan fingerprint density at radius 2 is 1.96 bits per heavy atom. The van der Waals surface area contributed by atoms with Gasteiger partial charge in [-0.1, -0.05) is 36.4 Å². The molecule has 4 nitrogen and oxygen atoms in total. The molecule has 1 aromatic carbocycles. The van der Waals surface area contributed by atoms with Gasteiger partial charge in [-0.25, -0.2) is 0 Å². The summed E-state index contributed by atoms with van der Waals surface area (Å²) < 4.78 is 6.02. The Kier molecular flexibility index (Phi) is 5.37. The second kappa shape index (κ2) is 7.88. The lowest BCUT2D eigenvalue weighted by Gasteiger charge is -2.29. The number of aromatic nitrogens is 1. The third-order valence-corrected chi connectivity index (χ3v) is 4.19. The van der Waals surface area contributed by atoms with Crippen LogP contribution in [0.25, 0.3) is 0 Å². The topological polar surface area (TPSA) is 51.2 Å². The van der Waals surface area contributed by atoms with Crippen molar-refractivity contribution >= 4 is 5.91 Å². The first kappa shape index (κ1) is 15.7. The summed E-state index contributed by atoms with van der Waals surface area (Å²) in [6, 6.07) is 15.7. The second-order valence-corrected chi connectivity index (χ2v) is 5.97. The molecular formula is C19H22N2O2. The summed E-state index contributed by atoms with van der Waals surface area (Å²) >= 11 is 0. The minimum absolute atomic E-state index is 0.0979. The maximum atomic E-state index is 12.2. The minimum atomic E-state index is -0.0979. The van der Waals surface area contributed by atoms with Crippen molar-refractivity contribution in [3.05, 3.63) is 66.0 Å². The number of carbonyl (C=O) groups excluding carboxylic acids is 1. The molecule has 0 bridgehead atoms. The maximum Gasteiger partial charge on any atom is 0.270 e. The van der Waals surface area contributed by atoms with E-state index in [1.807, 2.05) is 30.3 Å². The fourth-order valence-corrected chi connectivity index (χ4v) is 2.97. The molecule has 1 aromatic heterocycles. The van der Waals surface area contributed by atoms with Crippen LogP contribution in [-0.4, -0.2) is 23.0 Å². The highest BCUT2D eigenvalue weighted by Crippen LogP contribution is 2.22. The summed E-state index contributed by atoms with van der Waals surface area (Å²) in [7, 11) is 0. The van der Waals surface area contributed by atoms with Gasteiger partial charge in [0, 0.05) is 12.2 Å². The Hall–Kier alpha value is -2.20. The second-order valence-electron chi connectivity index (χ2n) is 5.97. The van der Waals surface area contributed by atoms with E-state index in [1.54, 1.807) is 12.3 Å². The Morgan fingerprint density at radius 3 is 2.74 bits per heavy atom. The number of carbonyl (C=O) groups is 1. The van der Waals surface area contributed by atoms with Gasteiger partial charge in [-0.05, 0) is 43.4 Å². The predicted molar refractivity (Wildman–Crippen MR) is 89.0 cm³/mol. The van der Waals surface area contributed by atoms with Crippen LogP contribution >= 0.6 is 0 Å². The number of hydrogen-bond acceptors (Lipinski definition) is 3. The highest BCUT2D eigenvalue weighted by molar-refractivity contribution is 5.92. The fourth-order valence-electron chi connectivity index (χ4n) is 2.97. The van der Waals surface area contributed by atoms with Gasteiger partial charge in [0.1, 0.15) is 5.69 Å². The largest absolute Gasteiger partial charge is 0.373 e. The maximum absolute atomic E-state index is 12.2. The first-order chi connectivity index (χ1) is 11.3. The molecule has 0 spiro atoms. The predicted octanol–water partition coefficient (Wildman–Crippen LogP) is 3.34. The monoisotopic (exact) mass is 310 g/mol. The lowest BCUT2D eigenvalue weighted by molar-refractivity contribution is 0.00875. The van der Waals surface area contributed by atoms with Gasteiger partial charge in [0.2, 0.25) is 0 Å². The van der Waals surface area contributed by atoms with Gasteiger partial charge in [0.05, 0.1) is 12.7 Å². The van der Waals surface area contributed by atoms with Crippen molar-refractivity contribution in [1.29, 1.82) is 0 Å². The first-order valence-corrected chi connectivity index (χ1v) is 8.18. The summed E-state index contributed by atoms with van der Waals surface area (Å²) in [5, 5.41) is 3.08. The van der Waals surface area contributed by atoms with Crippen molar-refractivity contribution in [2.75, 3.05) is 0 Å². The van der Waals surface area contributed by atoms with E-state index >= 15 is 0 Å². The molecule has 2 aromatic rings. The van der Waals surface area contributed by atoms with Gasteiger partial charge in [-0.15, -0.1) is 0 Å². The summed E-state index contributed by atoms with van der Waals surface area (Å²) in [4.78, 5) is 16.3. The number of rotatable bonds is 5. The van der Waals surface area contributed by atoms with Gasteiger partial charge >= 0.3 is 0 Å². The van der Waals surface area contributed by atoms with E-state index in [9.17, 15) is 4.79 Å². The molecule has 2 atom stereocenters. The number of nitrogens with one attached hydrogen (secondary N) is 1. The number of pyridine rings is 1. The number of ether oxygens (including phenoxy) is 1. The molecule has 0 aliphatic heterocycles. The summed E-state index contributed by atoms with van der Waals surface area (Å²) in [5.41, 5.74) is 1.66. The van der Waals surface area contributed by atoms with Crippen molar-refractivity contribution in [2.24, 2.45) is 0 Å². The zero-order valence-corrected chi connectivity index (χ0v) is 13.2. The van der Waals surface area contributed by atoms with Crippen LogP contribution < -0.4 is 5.32 Å². The number of amides is 1. The van der Waals surface area contributed by atoms with Crippen molar-refractivity contribution < 1.29 is 9.53 Å². The van der Waals surface area contributed by atoms with E-state index in [4.69, 9.17) is 4.74 Å². The average Bonchev–Trinajstić information content (AvgIpc) is 2.62. The Balaban J connectivity index is 1.49. The molecule has 1 amide bonds. The molecular weight excluding hydrogens is 288 g/mol. The first-order valence-electron chi connectivity index (χ1n) is 8.18. The molecule has 2 unspecified atom stereocenters. The highest BCUT2D eigenvalue weighted by atomic mass is 16.5. The van der Waals surface area contributed by atoms with Crippen LogP contribution in [-0.2, 0) is 11.3 Å². The van der Waals surface area contributed by atoms with Crippen molar-refractivity contribution in [2.45, 2.75) is 44.4 Å². The van der Waals surface area contributed by atoms with Gasteiger partial charge in [-0.2, -0.15) is 0 Å². The Labute approximate surface area is 136 Å². The van der Waals surface area contributed by atoms with Gasteiger partial charge in [0.15, 0.2) is 0 Å². The van der Waals surface area contributed by atoms with Crippen molar-refractivity contribution in [3.63, 3.8) is 0 Å². The van der Waals surface area contributed by atoms with Gasteiger partial charge < -0.3 is 10.1 Å². The molecule has 1 N–H and O–H groups in total. The fraction of sp³-hybridized carbons (Fsp3) is 0.368. The zero-order chi connectivity index (χ0) is 15.9. The van der Waals surface area contributed by atoms with E-state index in [2.05, 4.69) is 22.4 Å². The average molecular weight is 310 g/mol. The van der Waals surface area contributed by atoms with Crippen LogP contribution in [0.3, 0.4) is 0 Å². The molecule has 120 valence electrons. The molecule has 3 rings (SSSR count). The minimum Gasteiger partial charge on any atom is -0.373 e. The molecule has 1 saturated carbocycles. The van der Waals surface area contributed by atoms with E-state index in [1.165, 1.54) is 5.56 Å². The number of nitrogens with zero attached hydrogens (tertiary/aromatic N) is 1. The summed E-state index contributed by atoms with van der Waals surface area (Å²) in [6.07, 6.45) is 5.85. The van der Waals surface area contributed by atoms with Crippen LogP contribution in [0.4, 0.5) is 0 Å². The standard InChI is InChI=1S/C19H22N2O2/c22-19(18-11-4-5-12-20-18)21-16-9-6-10-17(13-16)23-14-15-7-2-1-3-8-15/h1-5,7-8,11-12,16-17H,6,9-10,13-14H2,(H,21,22). The van der Waals surface area contributed by atoms with E-state index in [0.717, 1.165) is 25.7 Å². The Bertz CT molecular complexity index is 616. The van der Waals surface area contributed by atoms with Crippen LogP contribution in [0.2, 0.25) is 0 Å². The third kappa shape index (κ3) is 4.63. The molecule has 23 heavy (non-hydrogen) atoms.